The SMILES string of the molecule is COC(CCCCN1CCCC(Nc2ncnc3[nH]cc(C)c23)C1)OC. The molecule has 0 bridgehead atoms. The van der Waals surface area contributed by atoms with Crippen molar-refractivity contribution in [3.8, 4) is 0 Å². The number of unbranched alkanes of at least 4 members (excludes halogenated alkanes) is 1. The minimum absolute atomic E-state index is 0.0736. The van der Waals surface area contributed by atoms with Gasteiger partial charge in [-0.1, -0.05) is 0 Å². The summed E-state index contributed by atoms with van der Waals surface area (Å²) in [5, 5.41) is 4.76. The quantitative estimate of drug-likeness (QED) is 0.528. The molecule has 7 heteroatoms. The highest BCUT2D eigenvalue weighted by Gasteiger charge is 2.21. The van der Waals surface area contributed by atoms with Crippen LogP contribution >= 0.6 is 0 Å². The largest absolute Gasteiger partial charge is 0.365 e. The molecule has 1 unspecified atom stereocenters. The monoisotopic (exact) mass is 361 g/mol. The fraction of sp³-hybridized carbons (Fsp3) is 0.684. The van der Waals surface area contributed by atoms with Gasteiger partial charge in [-0.2, -0.15) is 0 Å². The normalized spacial score (nSPS) is 18.7. The second-order valence-electron chi connectivity index (χ2n) is 7.10. The Morgan fingerprint density at radius 3 is 2.96 bits per heavy atom. The zero-order valence-corrected chi connectivity index (χ0v) is 16.1. The molecule has 0 aromatic carbocycles. The van der Waals surface area contributed by atoms with E-state index in [2.05, 4.69) is 32.1 Å². The summed E-state index contributed by atoms with van der Waals surface area (Å²) in [6, 6.07) is 0.432. The van der Waals surface area contributed by atoms with E-state index in [1.165, 1.54) is 31.4 Å². The van der Waals surface area contributed by atoms with E-state index < -0.39 is 0 Å². The molecule has 3 heterocycles. The molecule has 26 heavy (non-hydrogen) atoms. The Labute approximate surface area is 155 Å². The second kappa shape index (κ2) is 9.30. The number of aromatic amines is 1. The van der Waals surface area contributed by atoms with Gasteiger partial charge in [0.1, 0.15) is 17.8 Å². The van der Waals surface area contributed by atoms with Crippen molar-refractivity contribution in [2.75, 3.05) is 39.2 Å². The Balaban J connectivity index is 1.50. The lowest BCUT2D eigenvalue weighted by Gasteiger charge is -2.33. The van der Waals surface area contributed by atoms with Crippen LogP contribution in [0.15, 0.2) is 12.5 Å². The number of aromatic nitrogens is 3. The van der Waals surface area contributed by atoms with E-state index >= 15 is 0 Å². The van der Waals surface area contributed by atoms with Crippen LogP contribution in [0.5, 0.6) is 0 Å². The molecule has 0 amide bonds. The molecule has 0 aliphatic carbocycles. The predicted molar refractivity (Wildman–Crippen MR) is 103 cm³/mol. The van der Waals surface area contributed by atoms with Gasteiger partial charge < -0.3 is 24.7 Å². The molecule has 1 atom stereocenters. The van der Waals surface area contributed by atoms with Crippen molar-refractivity contribution < 1.29 is 9.47 Å². The van der Waals surface area contributed by atoms with E-state index in [1.54, 1.807) is 20.5 Å². The van der Waals surface area contributed by atoms with Crippen molar-refractivity contribution in [3.05, 3.63) is 18.1 Å². The lowest BCUT2D eigenvalue weighted by Crippen LogP contribution is -2.42. The van der Waals surface area contributed by atoms with Crippen molar-refractivity contribution in [2.45, 2.75) is 51.4 Å². The lowest BCUT2D eigenvalue weighted by molar-refractivity contribution is -0.107. The number of aryl methyl sites for hydroxylation is 1. The smallest absolute Gasteiger partial charge is 0.156 e. The molecule has 144 valence electrons. The summed E-state index contributed by atoms with van der Waals surface area (Å²) in [6.07, 6.45) is 9.19. The van der Waals surface area contributed by atoms with E-state index in [1.807, 2.05) is 6.20 Å². The molecule has 1 saturated heterocycles. The first-order valence-electron chi connectivity index (χ1n) is 9.54. The second-order valence-corrected chi connectivity index (χ2v) is 7.10. The standard InChI is InChI=1S/C19H31N5O2/c1-14-11-20-18-17(14)19(22-13-21-18)23-15-7-6-10-24(12-15)9-5-4-8-16(25-2)26-3/h11,13,15-16H,4-10,12H2,1-3H3,(H2,20,21,22,23). The van der Waals surface area contributed by atoms with Gasteiger partial charge in [-0.05, 0) is 57.7 Å². The van der Waals surface area contributed by atoms with Crippen LogP contribution in [0.1, 0.15) is 37.7 Å². The molecule has 0 radical (unpaired) electrons. The maximum Gasteiger partial charge on any atom is 0.156 e. The number of piperidine rings is 1. The first-order chi connectivity index (χ1) is 12.7. The number of nitrogens with one attached hydrogen (secondary N) is 2. The molecule has 1 aliphatic heterocycles. The van der Waals surface area contributed by atoms with Gasteiger partial charge in [-0.15, -0.1) is 0 Å². The van der Waals surface area contributed by atoms with Gasteiger partial charge in [0.2, 0.25) is 0 Å². The summed E-state index contributed by atoms with van der Waals surface area (Å²) in [7, 11) is 3.40. The zero-order valence-electron chi connectivity index (χ0n) is 16.1. The highest BCUT2D eigenvalue weighted by Crippen LogP contribution is 2.24. The van der Waals surface area contributed by atoms with Crippen molar-refractivity contribution in [2.24, 2.45) is 0 Å². The number of hydrogen-bond acceptors (Lipinski definition) is 6. The molecule has 0 saturated carbocycles. The minimum atomic E-state index is -0.0736. The van der Waals surface area contributed by atoms with Crippen molar-refractivity contribution in [1.29, 1.82) is 0 Å². The van der Waals surface area contributed by atoms with E-state index in [0.29, 0.717) is 6.04 Å². The third-order valence-electron chi connectivity index (χ3n) is 5.20. The van der Waals surface area contributed by atoms with Gasteiger partial charge >= 0.3 is 0 Å². The number of nitrogens with zero attached hydrogens (tertiary/aromatic N) is 3. The highest BCUT2D eigenvalue weighted by molar-refractivity contribution is 5.90. The van der Waals surface area contributed by atoms with Crippen molar-refractivity contribution >= 4 is 16.9 Å². The van der Waals surface area contributed by atoms with Crippen LogP contribution < -0.4 is 5.32 Å². The van der Waals surface area contributed by atoms with Crippen LogP contribution in [0.2, 0.25) is 0 Å². The first kappa shape index (κ1) is 19.1. The van der Waals surface area contributed by atoms with Crippen LogP contribution in [-0.2, 0) is 9.47 Å². The summed E-state index contributed by atoms with van der Waals surface area (Å²) in [5.74, 6) is 0.948. The fourth-order valence-corrected chi connectivity index (χ4v) is 3.77. The molecule has 1 aliphatic rings. The highest BCUT2D eigenvalue weighted by atomic mass is 16.7. The van der Waals surface area contributed by atoms with Crippen LogP contribution in [0.3, 0.4) is 0 Å². The third-order valence-corrected chi connectivity index (χ3v) is 5.20. The summed E-state index contributed by atoms with van der Waals surface area (Å²) < 4.78 is 10.5. The topological polar surface area (TPSA) is 75.3 Å². The molecule has 2 N–H and O–H groups in total. The summed E-state index contributed by atoms with van der Waals surface area (Å²) in [5.41, 5.74) is 2.08. The molecule has 3 rings (SSSR count). The summed E-state index contributed by atoms with van der Waals surface area (Å²) in [4.78, 5) is 14.6. The van der Waals surface area contributed by atoms with Gasteiger partial charge in [0.25, 0.3) is 0 Å². The Kier molecular flexibility index (Phi) is 6.82. The number of anilines is 1. The average molecular weight is 361 g/mol. The van der Waals surface area contributed by atoms with Crippen LogP contribution in [0.25, 0.3) is 11.0 Å². The van der Waals surface area contributed by atoms with Gasteiger partial charge in [-0.3, -0.25) is 0 Å². The van der Waals surface area contributed by atoms with E-state index in [4.69, 9.17) is 9.47 Å². The molecule has 1 fully saturated rings. The Hall–Kier alpha value is -1.70. The van der Waals surface area contributed by atoms with Crippen LogP contribution in [0, 0.1) is 6.92 Å². The number of H-pyrrole nitrogens is 1. The Bertz CT molecular complexity index is 686. The molecular formula is C19H31N5O2. The fourth-order valence-electron chi connectivity index (χ4n) is 3.77. The Morgan fingerprint density at radius 1 is 1.31 bits per heavy atom. The number of rotatable bonds is 9. The molecular weight excluding hydrogens is 330 g/mol. The number of fused-ring (bicyclic) bond motifs is 1. The van der Waals surface area contributed by atoms with E-state index in [9.17, 15) is 0 Å². The third kappa shape index (κ3) is 4.72. The number of hydrogen-bond donors (Lipinski definition) is 2. The van der Waals surface area contributed by atoms with Crippen molar-refractivity contribution in [1.82, 2.24) is 19.9 Å². The predicted octanol–water partition coefficient (Wildman–Crippen LogP) is 2.93. The van der Waals surface area contributed by atoms with Crippen LogP contribution in [0.4, 0.5) is 5.82 Å². The lowest BCUT2D eigenvalue weighted by atomic mass is 10.0. The van der Waals surface area contributed by atoms with Gasteiger partial charge in [0.05, 0.1) is 5.39 Å². The summed E-state index contributed by atoms with van der Waals surface area (Å²) >= 11 is 0. The minimum Gasteiger partial charge on any atom is -0.365 e. The molecule has 2 aromatic heterocycles. The molecule has 7 nitrogen and oxygen atoms in total. The van der Waals surface area contributed by atoms with E-state index in [-0.39, 0.29) is 6.29 Å². The average Bonchev–Trinajstić information content (AvgIpc) is 3.04. The zero-order chi connectivity index (χ0) is 18.4. The van der Waals surface area contributed by atoms with Gasteiger partial charge in [0, 0.05) is 33.0 Å². The van der Waals surface area contributed by atoms with Crippen LogP contribution in [-0.4, -0.2) is 66.0 Å². The number of ether oxygens (including phenoxy) is 2. The maximum atomic E-state index is 5.25. The maximum absolute atomic E-state index is 5.25. The van der Waals surface area contributed by atoms with Gasteiger partial charge in [0.15, 0.2) is 6.29 Å². The van der Waals surface area contributed by atoms with Gasteiger partial charge in [-0.25, -0.2) is 9.97 Å². The molecule has 2 aromatic rings. The Morgan fingerprint density at radius 2 is 2.15 bits per heavy atom. The van der Waals surface area contributed by atoms with Crippen molar-refractivity contribution in [3.63, 3.8) is 0 Å². The first-order valence-corrected chi connectivity index (χ1v) is 9.54. The summed E-state index contributed by atoms with van der Waals surface area (Å²) in [6.45, 7) is 5.46. The van der Waals surface area contributed by atoms with E-state index in [0.717, 1.165) is 42.8 Å². The molecule has 0 spiro atoms. The number of likely N-dealkylation sites (tertiary alicyclic amines) is 1. The number of methoxy groups -OCH3 is 2.